The standard InChI is InChI=1S/C16H20N4O/c1-2-3-11-17-16(21)14-15(12-9-10-12)20(19-18-14)13-7-5-4-6-8-13/h4-8,12H,2-3,9-11H2,1H3,(H,17,21). The quantitative estimate of drug-likeness (QED) is 0.830. The zero-order valence-electron chi connectivity index (χ0n) is 12.2. The molecule has 1 aliphatic carbocycles. The van der Waals surface area contributed by atoms with Gasteiger partial charge in [-0.2, -0.15) is 0 Å². The van der Waals surface area contributed by atoms with Gasteiger partial charge in [0.05, 0.1) is 11.4 Å². The van der Waals surface area contributed by atoms with Crippen LogP contribution in [0.1, 0.15) is 54.7 Å². The molecular formula is C16H20N4O. The lowest BCUT2D eigenvalue weighted by atomic mass is 10.2. The minimum atomic E-state index is -0.104. The van der Waals surface area contributed by atoms with Gasteiger partial charge in [0.25, 0.3) is 5.91 Å². The van der Waals surface area contributed by atoms with Gasteiger partial charge in [-0.05, 0) is 31.4 Å². The summed E-state index contributed by atoms with van der Waals surface area (Å²) in [5.74, 6) is 0.305. The molecule has 1 N–H and O–H groups in total. The van der Waals surface area contributed by atoms with Crippen molar-refractivity contribution in [1.82, 2.24) is 20.3 Å². The summed E-state index contributed by atoms with van der Waals surface area (Å²) in [5.41, 5.74) is 2.40. The zero-order valence-corrected chi connectivity index (χ0v) is 12.2. The molecule has 0 saturated heterocycles. The highest BCUT2D eigenvalue weighted by molar-refractivity contribution is 5.93. The Balaban J connectivity index is 1.88. The first-order chi connectivity index (χ1) is 10.3. The summed E-state index contributed by atoms with van der Waals surface area (Å²) in [4.78, 5) is 12.3. The number of hydrogen-bond donors (Lipinski definition) is 1. The molecule has 21 heavy (non-hydrogen) atoms. The van der Waals surface area contributed by atoms with E-state index in [4.69, 9.17) is 0 Å². The van der Waals surface area contributed by atoms with E-state index in [0.29, 0.717) is 18.2 Å². The van der Waals surface area contributed by atoms with Gasteiger partial charge in [0.1, 0.15) is 0 Å². The Morgan fingerprint density at radius 1 is 1.33 bits per heavy atom. The SMILES string of the molecule is CCCCNC(=O)c1nnn(-c2ccccc2)c1C1CC1. The van der Waals surface area contributed by atoms with Gasteiger partial charge in [-0.15, -0.1) is 5.10 Å². The number of aromatic nitrogens is 3. The van der Waals surface area contributed by atoms with Gasteiger partial charge in [-0.1, -0.05) is 36.8 Å². The number of nitrogens with one attached hydrogen (secondary N) is 1. The second kappa shape index (κ2) is 6.08. The predicted octanol–water partition coefficient (Wildman–Crippen LogP) is 2.67. The number of unbranched alkanes of at least 4 members (excludes halogenated alkanes) is 1. The molecular weight excluding hydrogens is 264 g/mol. The van der Waals surface area contributed by atoms with Gasteiger partial charge >= 0.3 is 0 Å². The average molecular weight is 284 g/mol. The third-order valence-corrected chi connectivity index (χ3v) is 3.70. The van der Waals surface area contributed by atoms with Crippen LogP contribution in [0.15, 0.2) is 30.3 Å². The molecule has 0 atom stereocenters. The fraction of sp³-hybridized carbons (Fsp3) is 0.438. The molecule has 3 rings (SSSR count). The molecule has 0 radical (unpaired) electrons. The van der Waals surface area contributed by atoms with E-state index in [9.17, 15) is 4.79 Å². The first-order valence-electron chi connectivity index (χ1n) is 7.60. The number of rotatable bonds is 6. The van der Waals surface area contributed by atoms with Crippen LogP contribution in [-0.2, 0) is 0 Å². The van der Waals surface area contributed by atoms with E-state index in [1.54, 1.807) is 0 Å². The van der Waals surface area contributed by atoms with Crippen molar-refractivity contribution < 1.29 is 4.79 Å². The average Bonchev–Trinajstić information content (AvgIpc) is 3.26. The number of carbonyl (C=O) groups is 1. The first-order valence-corrected chi connectivity index (χ1v) is 7.60. The fourth-order valence-corrected chi connectivity index (χ4v) is 2.40. The Morgan fingerprint density at radius 3 is 2.76 bits per heavy atom. The molecule has 1 fully saturated rings. The van der Waals surface area contributed by atoms with Crippen molar-refractivity contribution in [1.29, 1.82) is 0 Å². The van der Waals surface area contributed by atoms with E-state index in [1.807, 2.05) is 35.0 Å². The minimum Gasteiger partial charge on any atom is -0.351 e. The van der Waals surface area contributed by atoms with Crippen molar-refractivity contribution in [3.8, 4) is 5.69 Å². The highest BCUT2D eigenvalue weighted by atomic mass is 16.2. The zero-order chi connectivity index (χ0) is 14.7. The lowest BCUT2D eigenvalue weighted by Crippen LogP contribution is -2.26. The van der Waals surface area contributed by atoms with Gasteiger partial charge in [0.2, 0.25) is 0 Å². The maximum atomic E-state index is 12.3. The Kier molecular flexibility index (Phi) is 3.99. The second-order valence-corrected chi connectivity index (χ2v) is 5.45. The Bertz CT molecular complexity index is 616. The number of benzene rings is 1. The monoisotopic (exact) mass is 284 g/mol. The number of amides is 1. The van der Waals surface area contributed by atoms with Crippen LogP contribution in [-0.4, -0.2) is 27.4 Å². The van der Waals surface area contributed by atoms with Crippen LogP contribution in [0, 0.1) is 0 Å². The highest BCUT2D eigenvalue weighted by Gasteiger charge is 2.34. The van der Waals surface area contributed by atoms with Crippen molar-refractivity contribution in [3.05, 3.63) is 41.7 Å². The molecule has 5 nitrogen and oxygen atoms in total. The molecule has 2 aromatic rings. The van der Waals surface area contributed by atoms with E-state index in [0.717, 1.165) is 37.1 Å². The third-order valence-electron chi connectivity index (χ3n) is 3.70. The van der Waals surface area contributed by atoms with Gasteiger partial charge in [-0.25, -0.2) is 4.68 Å². The van der Waals surface area contributed by atoms with E-state index < -0.39 is 0 Å². The molecule has 0 aliphatic heterocycles. The van der Waals surface area contributed by atoms with Crippen LogP contribution in [0.5, 0.6) is 0 Å². The number of para-hydroxylation sites is 1. The van der Waals surface area contributed by atoms with E-state index in [-0.39, 0.29) is 5.91 Å². The molecule has 1 aliphatic rings. The molecule has 1 aromatic heterocycles. The number of carbonyl (C=O) groups excluding carboxylic acids is 1. The predicted molar refractivity (Wildman–Crippen MR) is 80.6 cm³/mol. The van der Waals surface area contributed by atoms with Crippen molar-refractivity contribution in [2.75, 3.05) is 6.54 Å². The first kappa shape index (κ1) is 13.8. The van der Waals surface area contributed by atoms with Crippen LogP contribution in [0.2, 0.25) is 0 Å². The molecule has 1 heterocycles. The lowest BCUT2D eigenvalue weighted by Gasteiger charge is -2.07. The summed E-state index contributed by atoms with van der Waals surface area (Å²) in [6.07, 6.45) is 4.26. The Hall–Kier alpha value is -2.17. The summed E-state index contributed by atoms with van der Waals surface area (Å²) < 4.78 is 1.81. The molecule has 0 spiro atoms. The topological polar surface area (TPSA) is 59.8 Å². The van der Waals surface area contributed by atoms with Crippen molar-refractivity contribution >= 4 is 5.91 Å². The molecule has 110 valence electrons. The van der Waals surface area contributed by atoms with Gasteiger partial charge in [0.15, 0.2) is 5.69 Å². The van der Waals surface area contributed by atoms with Crippen molar-refractivity contribution in [3.63, 3.8) is 0 Å². The van der Waals surface area contributed by atoms with Crippen molar-refractivity contribution in [2.24, 2.45) is 0 Å². The molecule has 1 saturated carbocycles. The number of nitrogens with zero attached hydrogens (tertiary/aromatic N) is 3. The Morgan fingerprint density at radius 2 is 2.10 bits per heavy atom. The maximum absolute atomic E-state index is 12.3. The summed E-state index contributed by atoms with van der Waals surface area (Å²) in [6, 6.07) is 9.87. The molecule has 0 unspecified atom stereocenters. The summed E-state index contributed by atoms with van der Waals surface area (Å²) in [6.45, 7) is 2.80. The van der Waals surface area contributed by atoms with Crippen molar-refractivity contribution in [2.45, 2.75) is 38.5 Å². The number of hydrogen-bond acceptors (Lipinski definition) is 3. The van der Waals surface area contributed by atoms with E-state index in [1.165, 1.54) is 0 Å². The lowest BCUT2D eigenvalue weighted by molar-refractivity contribution is 0.0947. The maximum Gasteiger partial charge on any atom is 0.273 e. The van der Waals surface area contributed by atoms with Gasteiger partial charge in [-0.3, -0.25) is 4.79 Å². The van der Waals surface area contributed by atoms with Crippen LogP contribution >= 0.6 is 0 Å². The largest absolute Gasteiger partial charge is 0.351 e. The highest BCUT2D eigenvalue weighted by Crippen LogP contribution is 2.41. The summed E-state index contributed by atoms with van der Waals surface area (Å²) in [7, 11) is 0. The van der Waals surface area contributed by atoms with E-state index >= 15 is 0 Å². The van der Waals surface area contributed by atoms with E-state index in [2.05, 4.69) is 22.6 Å². The molecule has 0 bridgehead atoms. The fourth-order valence-electron chi connectivity index (χ4n) is 2.40. The van der Waals surface area contributed by atoms with Gasteiger partial charge < -0.3 is 5.32 Å². The molecule has 1 amide bonds. The van der Waals surface area contributed by atoms with Gasteiger partial charge in [0, 0.05) is 12.5 Å². The second-order valence-electron chi connectivity index (χ2n) is 5.45. The van der Waals surface area contributed by atoms with Crippen LogP contribution in [0.25, 0.3) is 5.69 Å². The summed E-state index contributed by atoms with van der Waals surface area (Å²) in [5, 5.41) is 11.3. The van der Waals surface area contributed by atoms with Crippen LogP contribution < -0.4 is 5.32 Å². The van der Waals surface area contributed by atoms with Crippen LogP contribution in [0.4, 0.5) is 0 Å². The normalized spacial score (nSPS) is 14.1. The Labute approximate surface area is 124 Å². The van der Waals surface area contributed by atoms with Crippen LogP contribution in [0.3, 0.4) is 0 Å². The minimum absolute atomic E-state index is 0.104. The summed E-state index contributed by atoms with van der Waals surface area (Å²) >= 11 is 0. The third kappa shape index (κ3) is 2.96. The molecule has 5 heteroatoms. The smallest absolute Gasteiger partial charge is 0.273 e. The molecule has 1 aromatic carbocycles.